The van der Waals surface area contributed by atoms with Crippen molar-refractivity contribution >= 4 is 0 Å². The summed E-state index contributed by atoms with van der Waals surface area (Å²) in [6.07, 6.45) is 10.1. The highest BCUT2D eigenvalue weighted by molar-refractivity contribution is 4.91. The van der Waals surface area contributed by atoms with Gasteiger partial charge >= 0.3 is 0 Å². The third-order valence-corrected chi connectivity index (χ3v) is 5.69. The highest BCUT2D eigenvalue weighted by atomic mass is 15.1. The zero-order chi connectivity index (χ0) is 13.9. The van der Waals surface area contributed by atoms with Gasteiger partial charge in [0.15, 0.2) is 0 Å². The molecule has 0 aromatic heterocycles. The van der Waals surface area contributed by atoms with Crippen LogP contribution >= 0.6 is 0 Å². The minimum absolute atomic E-state index is 0.723. The molecule has 2 rings (SSSR count). The lowest BCUT2D eigenvalue weighted by atomic mass is 9.67. The van der Waals surface area contributed by atoms with Gasteiger partial charge in [-0.05, 0) is 90.0 Å². The normalized spacial score (nSPS) is 25.6. The molecule has 0 aromatic rings. The SMILES string of the molecule is CC(C)CCN1CCC2(CCC(N(C)C)CC2)CC1. The van der Waals surface area contributed by atoms with Gasteiger partial charge in [0.2, 0.25) is 0 Å². The number of rotatable bonds is 4. The first-order chi connectivity index (χ1) is 9.01. The Hall–Kier alpha value is -0.0800. The molecule has 1 aliphatic carbocycles. The quantitative estimate of drug-likeness (QED) is 0.767. The molecule has 1 spiro atoms. The molecule has 0 atom stereocenters. The van der Waals surface area contributed by atoms with Gasteiger partial charge in [0.05, 0.1) is 0 Å². The molecule has 0 bridgehead atoms. The largest absolute Gasteiger partial charge is 0.306 e. The molecule has 2 aliphatic rings. The minimum atomic E-state index is 0.723. The summed E-state index contributed by atoms with van der Waals surface area (Å²) in [4.78, 5) is 5.15. The maximum Gasteiger partial charge on any atom is 0.00895 e. The lowest BCUT2D eigenvalue weighted by molar-refractivity contribution is 0.0418. The number of hydrogen-bond donors (Lipinski definition) is 0. The third-order valence-electron chi connectivity index (χ3n) is 5.69. The Labute approximate surface area is 120 Å². The monoisotopic (exact) mass is 266 g/mol. The van der Waals surface area contributed by atoms with E-state index in [2.05, 4.69) is 37.7 Å². The van der Waals surface area contributed by atoms with Crippen molar-refractivity contribution in [2.45, 2.75) is 64.8 Å². The van der Waals surface area contributed by atoms with E-state index in [1.165, 1.54) is 64.6 Å². The maximum atomic E-state index is 2.71. The van der Waals surface area contributed by atoms with Crippen LogP contribution in [0.3, 0.4) is 0 Å². The molecular weight excluding hydrogens is 232 g/mol. The molecule has 112 valence electrons. The van der Waals surface area contributed by atoms with Crippen molar-refractivity contribution in [3.8, 4) is 0 Å². The summed E-state index contributed by atoms with van der Waals surface area (Å²) in [5.74, 6) is 0.853. The van der Waals surface area contributed by atoms with E-state index < -0.39 is 0 Å². The number of likely N-dealkylation sites (tertiary alicyclic amines) is 1. The van der Waals surface area contributed by atoms with Crippen LogP contribution < -0.4 is 0 Å². The summed E-state index contributed by atoms with van der Waals surface area (Å²) >= 11 is 0. The van der Waals surface area contributed by atoms with Gasteiger partial charge in [-0.1, -0.05) is 13.8 Å². The highest BCUT2D eigenvalue weighted by Gasteiger charge is 2.38. The van der Waals surface area contributed by atoms with Gasteiger partial charge in [0.1, 0.15) is 0 Å². The van der Waals surface area contributed by atoms with Gasteiger partial charge in [0, 0.05) is 6.04 Å². The molecule has 1 saturated carbocycles. The second kappa shape index (κ2) is 6.58. The fourth-order valence-corrected chi connectivity index (χ4v) is 3.92. The Bertz CT molecular complexity index is 254. The van der Waals surface area contributed by atoms with Crippen molar-refractivity contribution in [2.75, 3.05) is 33.7 Å². The number of nitrogens with zero attached hydrogens (tertiary/aromatic N) is 2. The predicted octanol–water partition coefficient (Wildman–Crippen LogP) is 3.62. The van der Waals surface area contributed by atoms with E-state index in [0.29, 0.717) is 0 Å². The van der Waals surface area contributed by atoms with E-state index >= 15 is 0 Å². The van der Waals surface area contributed by atoms with Crippen molar-refractivity contribution in [3.05, 3.63) is 0 Å². The van der Waals surface area contributed by atoms with Crippen molar-refractivity contribution in [1.29, 1.82) is 0 Å². The second-order valence-electron chi connectivity index (χ2n) is 7.72. The van der Waals surface area contributed by atoms with Gasteiger partial charge < -0.3 is 9.80 Å². The van der Waals surface area contributed by atoms with Gasteiger partial charge in [-0.2, -0.15) is 0 Å². The van der Waals surface area contributed by atoms with Crippen LogP contribution in [0.1, 0.15) is 58.8 Å². The first-order valence-corrected chi connectivity index (χ1v) is 8.39. The van der Waals surface area contributed by atoms with E-state index in [-0.39, 0.29) is 0 Å². The van der Waals surface area contributed by atoms with Crippen LogP contribution in [0.4, 0.5) is 0 Å². The van der Waals surface area contributed by atoms with Crippen molar-refractivity contribution < 1.29 is 0 Å². The van der Waals surface area contributed by atoms with Gasteiger partial charge in [-0.3, -0.25) is 0 Å². The Morgan fingerprint density at radius 1 is 1.05 bits per heavy atom. The standard InChI is InChI=1S/C17H34N2/c1-15(2)7-12-19-13-10-17(11-14-19)8-5-16(6-9-17)18(3)4/h15-16H,5-14H2,1-4H3. The fourth-order valence-electron chi connectivity index (χ4n) is 3.92. The molecule has 2 nitrogen and oxygen atoms in total. The summed E-state index contributed by atoms with van der Waals surface area (Å²) in [5, 5.41) is 0. The molecule has 1 heterocycles. The first-order valence-electron chi connectivity index (χ1n) is 8.39. The van der Waals surface area contributed by atoms with E-state index in [1.54, 1.807) is 0 Å². The fraction of sp³-hybridized carbons (Fsp3) is 1.00. The van der Waals surface area contributed by atoms with Gasteiger partial charge in [0.25, 0.3) is 0 Å². The topological polar surface area (TPSA) is 6.48 Å². The van der Waals surface area contributed by atoms with Crippen LogP contribution in [0.15, 0.2) is 0 Å². The third kappa shape index (κ3) is 4.19. The van der Waals surface area contributed by atoms with Crippen LogP contribution in [-0.2, 0) is 0 Å². The van der Waals surface area contributed by atoms with Crippen LogP contribution in [0.5, 0.6) is 0 Å². The summed E-state index contributed by atoms with van der Waals surface area (Å²) in [6.45, 7) is 8.73. The van der Waals surface area contributed by atoms with Gasteiger partial charge in [-0.25, -0.2) is 0 Å². The Morgan fingerprint density at radius 3 is 2.11 bits per heavy atom. The Morgan fingerprint density at radius 2 is 1.63 bits per heavy atom. The molecule has 0 amide bonds. The second-order valence-corrected chi connectivity index (χ2v) is 7.72. The highest BCUT2D eigenvalue weighted by Crippen LogP contribution is 2.45. The minimum Gasteiger partial charge on any atom is -0.306 e. The van der Waals surface area contributed by atoms with Crippen molar-refractivity contribution in [1.82, 2.24) is 9.80 Å². The van der Waals surface area contributed by atoms with Crippen LogP contribution in [0.25, 0.3) is 0 Å². The lowest BCUT2D eigenvalue weighted by Crippen LogP contribution is -2.44. The molecule has 1 aliphatic heterocycles. The zero-order valence-corrected chi connectivity index (χ0v) is 13.6. The summed E-state index contributed by atoms with van der Waals surface area (Å²) < 4.78 is 0. The van der Waals surface area contributed by atoms with E-state index in [1.807, 2.05) is 0 Å². The summed E-state index contributed by atoms with van der Waals surface area (Å²) in [5.41, 5.74) is 0.723. The van der Waals surface area contributed by atoms with Crippen LogP contribution in [0, 0.1) is 11.3 Å². The average molecular weight is 266 g/mol. The Balaban J connectivity index is 1.74. The molecule has 0 unspecified atom stereocenters. The molecular formula is C17H34N2. The summed E-state index contributed by atoms with van der Waals surface area (Å²) in [7, 11) is 4.49. The van der Waals surface area contributed by atoms with Gasteiger partial charge in [-0.15, -0.1) is 0 Å². The van der Waals surface area contributed by atoms with E-state index in [0.717, 1.165) is 17.4 Å². The molecule has 19 heavy (non-hydrogen) atoms. The molecule has 2 heteroatoms. The zero-order valence-electron chi connectivity index (χ0n) is 13.6. The first kappa shape index (κ1) is 15.3. The number of piperidine rings is 1. The van der Waals surface area contributed by atoms with E-state index in [9.17, 15) is 0 Å². The molecule has 2 fully saturated rings. The molecule has 0 aromatic carbocycles. The molecule has 0 N–H and O–H groups in total. The van der Waals surface area contributed by atoms with Crippen molar-refractivity contribution in [3.63, 3.8) is 0 Å². The smallest absolute Gasteiger partial charge is 0.00895 e. The Kier molecular flexibility index (Phi) is 5.30. The molecule has 1 saturated heterocycles. The maximum absolute atomic E-state index is 2.71. The molecule has 0 radical (unpaired) electrons. The van der Waals surface area contributed by atoms with E-state index in [4.69, 9.17) is 0 Å². The van der Waals surface area contributed by atoms with Crippen molar-refractivity contribution in [2.24, 2.45) is 11.3 Å². The predicted molar refractivity (Wildman–Crippen MR) is 83.5 cm³/mol. The lowest BCUT2D eigenvalue weighted by Gasteiger charge is -2.47. The van der Waals surface area contributed by atoms with Crippen LogP contribution in [-0.4, -0.2) is 49.6 Å². The summed E-state index contributed by atoms with van der Waals surface area (Å²) in [6, 6.07) is 0.851. The number of hydrogen-bond acceptors (Lipinski definition) is 2. The van der Waals surface area contributed by atoms with Crippen LogP contribution in [0.2, 0.25) is 0 Å². The average Bonchev–Trinajstić information content (AvgIpc) is 2.39.